The molecule has 0 saturated carbocycles. The van der Waals surface area contributed by atoms with Crippen LogP contribution in [0.3, 0.4) is 0 Å². The summed E-state index contributed by atoms with van der Waals surface area (Å²) in [5.74, 6) is 1.30. The zero-order valence-corrected chi connectivity index (χ0v) is 17.4. The Morgan fingerprint density at radius 2 is 1.76 bits per heavy atom. The van der Waals surface area contributed by atoms with E-state index >= 15 is 0 Å². The van der Waals surface area contributed by atoms with Crippen LogP contribution < -0.4 is 28.9 Å². The van der Waals surface area contributed by atoms with Gasteiger partial charge in [-0.05, 0) is 29.5 Å². The average molecular weight is 369 g/mol. The van der Waals surface area contributed by atoms with Crippen molar-refractivity contribution >= 4 is 31.0 Å². The van der Waals surface area contributed by atoms with E-state index in [1.54, 1.807) is 25.3 Å². The van der Waals surface area contributed by atoms with Crippen LogP contribution in [0.1, 0.15) is 61.0 Å². The van der Waals surface area contributed by atoms with Crippen molar-refractivity contribution in [1.29, 1.82) is 0 Å². The first kappa shape index (κ1) is 22.3. The van der Waals surface area contributed by atoms with E-state index in [9.17, 15) is 4.79 Å². The quantitative estimate of drug-likeness (QED) is 0.579. The van der Waals surface area contributed by atoms with Gasteiger partial charge in [0.05, 0.1) is 12.1 Å². The van der Waals surface area contributed by atoms with E-state index in [4.69, 9.17) is 16.3 Å². The first-order chi connectivity index (χ1) is 11.3. The summed E-state index contributed by atoms with van der Waals surface area (Å²) in [6.07, 6.45) is 0. The molecule has 0 aromatic heterocycles. The number of halogens is 1. The van der Waals surface area contributed by atoms with Crippen molar-refractivity contribution < 1.29 is 28.4 Å². The first-order valence-corrected chi connectivity index (χ1v) is 9.34. The number of ether oxygens (including phenoxy) is 1. The van der Waals surface area contributed by atoms with E-state index < -0.39 is 0 Å². The second kappa shape index (κ2) is 9.80. The summed E-state index contributed by atoms with van der Waals surface area (Å²) >= 11 is 6.25. The molecule has 128 valence electrons. The van der Waals surface area contributed by atoms with E-state index in [0.717, 1.165) is 5.30 Å². The number of rotatable bonds is 6. The Balaban J connectivity index is 0.00000312. The molecular formula is C20H23ClLiO2P. The molecule has 0 bridgehead atoms. The number of carbonyl (C=O) groups excluding carboxylic acids is 1. The molecule has 0 fully saturated rings. The largest absolute Gasteiger partial charge is 1.00 e. The number of carbonyl (C=O) groups is 1. The van der Waals surface area contributed by atoms with Gasteiger partial charge in [0, 0.05) is 11.1 Å². The van der Waals surface area contributed by atoms with Crippen LogP contribution in [-0.4, -0.2) is 12.6 Å². The Hall–Kier alpha value is -0.773. The predicted octanol–water partition coefficient (Wildman–Crippen LogP) is 3.01. The third-order valence-electron chi connectivity index (χ3n) is 3.97. The minimum Gasteiger partial charge on any atom is -0.496 e. The summed E-state index contributed by atoms with van der Waals surface area (Å²) in [5, 5.41) is 1.47. The summed E-state index contributed by atoms with van der Waals surface area (Å²) in [6.45, 7) is 8.60. The van der Waals surface area contributed by atoms with Crippen LogP contribution in [0.25, 0.3) is 0 Å². The number of benzene rings is 2. The molecule has 0 aliphatic rings. The van der Waals surface area contributed by atoms with Crippen molar-refractivity contribution in [2.75, 3.05) is 7.11 Å². The van der Waals surface area contributed by atoms with Crippen molar-refractivity contribution in [3.05, 3.63) is 58.1 Å². The molecule has 0 radical (unpaired) electrons. The zero-order chi connectivity index (χ0) is 17.9. The van der Waals surface area contributed by atoms with Crippen LogP contribution in [0.2, 0.25) is 5.02 Å². The van der Waals surface area contributed by atoms with Gasteiger partial charge in [-0.1, -0.05) is 69.1 Å². The van der Waals surface area contributed by atoms with Gasteiger partial charge < -0.3 is 18.1 Å². The Labute approximate surface area is 169 Å². The van der Waals surface area contributed by atoms with Gasteiger partial charge >= 0.3 is 18.9 Å². The molecule has 0 spiro atoms. The Kier molecular flexibility index (Phi) is 8.73. The van der Waals surface area contributed by atoms with Crippen molar-refractivity contribution in [3.63, 3.8) is 0 Å². The molecule has 25 heavy (non-hydrogen) atoms. The van der Waals surface area contributed by atoms with Gasteiger partial charge in [0.2, 0.25) is 0 Å². The Bertz CT molecular complexity index is 744. The molecule has 0 aliphatic heterocycles. The third-order valence-corrected chi connectivity index (χ3v) is 5.34. The smallest absolute Gasteiger partial charge is 0.496 e. The Morgan fingerprint density at radius 1 is 1.08 bits per heavy atom. The standard InChI is InChI=1S/C20H23ClO2P.Li/c1-12(2)14-9-10-15(13(3)4)18(11-14)24-20(22)19-16(21)7-6-8-17(19)23-5;/h6-13H,1-5H3;/q-1;+1. The van der Waals surface area contributed by atoms with E-state index in [1.165, 1.54) is 11.1 Å². The summed E-state index contributed by atoms with van der Waals surface area (Å²) < 4.78 is 5.31. The molecule has 2 aromatic rings. The second-order valence-electron chi connectivity index (χ2n) is 6.36. The Morgan fingerprint density at radius 3 is 2.32 bits per heavy atom. The zero-order valence-electron chi connectivity index (χ0n) is 15.8. The van der Waals surface area contributed by atoms with Crippen molar-refractivity contribution in [2.45, 2.75) is 39.5 Å². The van der Waals surface area contributed by atoms with E-state index in [2.05, 4.69) is 45.9 Å². The molecule has 5 heteroatoms. The van der Waals surface area contributed by atoms with Crippen LogP contribution in [0.5, 0.6) is 5.75 Å². The maximum Gasteiger partial charge on any atom is 1.00 e. The van der Waals surface area contributed by atoms with Crippen LogP contribution in [-0.2, 0) is 0 Å². The molecule has 0 atom stereocenters. The van der Waals surface area contributed by atoms with E-state index in [0.29, 0.717) is 36.8 Å². The summed E-state index contributed by atoms with van der Waals surface area (Å²) in [7, 11) is 2.18. The van der Waals surface area contributed by atoms with Crippen LogP contribution in [0.4, 0.5) is 0 Å². The van der Waals surface area contributed by atoms with Gasteiger partial charge in [0.1, 0.15) is 5.75 Å². The third kappa shape index (κ3) is 5.35. The topological polar surface area (TPSA) is 26.3 Å². The van der Waals surface area contributed by atoms with E-state index in [1.807, 2.05) is 0 Å². The normalized spacial score (nSPS) is 11.2. The number of methoxy groups -OCH3 is 1. The minimum absolute atomic E-state index is 0. The molecule has 0 aliphatic carbocycles. The average Bonchev–Trinajstić information content (AvgIpc) is 2.53. The van der Waals surface area contributed by atoms with Gasteiger partial charge in [-0.2, -0.15) is 5.30 Å². The summed E-state index contributed by atoms with van der Waals surface area (Å²) in [5.41, 5.74) is 2.84. The van der Waals surface area contributed by atoms with Gasteiger partial charge in [0.25, 0.3) is 0 Å². The van der Waals surface area contributed by atoms with Gasteiger partial charge in [0.15, 0.2) is 0 Å². The minimum atomic E-state index is -0.0414. The molecule has 2 aromatic carbocycles. The van der Waals surface area contributed by atoms with Crippen LogP contribution >= 0.6 is 20.2 Å². The maximum absolute atomic E-state index is 12.9. The molecule has 0 unspecified atom stereocenters. The SMILES string of the molecule is COc1cccc(Cl)c1C(=O)[P-]c1cc(C(C)C)ccc1C(C)C.[Li+]. The molecular weight excluding hydrogens is 346 g/mol. The second-order valence-corrected chi connectivity index (χ2v) is 7.88. The summed E-state index contributed by atoms with van der Waals surface area (Å²) in [6, 6.07) is 11.7. The molecule has 0 amide bonds. The van der Waals surface area contributed by atoms with E-state index in [-0.39, 0.29) is 24.4 Å². The van der Waals surface area contributed by atoms with Crippen LogP contribution in [0, 0.1) is 0 Å². The summed E-state index contributed by atoms with van der Waals surface area (Å²) in [4.78, 5) is 12.9. The maximum atomic E-state index is 12.9. The predicted molar refractivity (Wildman–Crippen MR) is 104 cm³/mol. The first-order valence-electron chi connectivity index (χ1n) is 8.07. The fourth-order valence-electron chi connectivity index (χ4n) is 2.55. The molecule has 2 rings (SSSR count). The van der Waals surface area contributed by atoms with Gasteiger partial charge in [-0.25, -0.2) is 0 Å². The van der Waals surface area contributed by atoms with Crippen molar-refractivity contribution in [3.8, 4) is 5.75 Å². The fraction of sp³-hybridized carbons (Fsp3) is 0.350. The molecule has 0 saturated heterocycles. The fourth-order valence-corrected chi connectivity index (χ4v) is 4.11. The monoisotopic (exact) mass is 368 g/mol. The molecule has 0 heterocycles. The van der Waals surface area contributed by atoms with Gasteiger partial charge in [-0.3, -0.25) is 0 Å². The van der Waals surface area contributed by atoms with Crippen LogP contribution in [0.15, 0.2) is 36.4 Å². The van der Waals surface area contributed by atoms with Gasteiger partial charge in [-0.15, -0.1) is 0 Å². The number of hydrogen-bond acceptors (Lipinski definition) is 2. The molecule has 0 N–H and O–H groups in total. The van der Waals surface area contributed by atoms with Crippen molar-refractivity contribution in [1.82, 2.24) is 0 Å². The number of hydrogen-bond donors (Lipinski definition) is 0. The van der Waals surface area contributed by atoms with Crippen molar-refractivity contribution in [2.24, 2.45) is 0 Å². The molecule has 2 nitrogen and oxygen atoms in total.